The van der Waals surface area contributed by atoms with Gasteiger partial charge in [0.1, 0.15) is 0 Å². The Bertz CT molecular complexity index is 763. The SMILES string of the molecule is C=C.COC(=O)c1ccc(C#C/C=C/C=C(\S)c2cnco2)cc1. The van der Waals surface area contributed by atoms with Crippen molar-refractivity contribution in [1.82, 2.24) is 4.98 Å². The van der Waals surface area contributed by atoms with Gasteiger partial charge in [-0.15, -0.1) is 25.8 Å². The fraction of sp³-hybridized carbons (Fsp3) is 0.0526. The van der Waals surface area contributed by atoms with Crippen LogP contribution in [0.2, 0.25) is 0 Å². The van der Waals surface area contributed by atoms with E-state index < -0.39 is 0 Å². The Morgan fingerprint density at radius 3 is 2.62 bits per heavy atom. The number of methoxy groups -OCH3 is 1. The van der Waals surface area contributed by atoms with Crippen molar-refractivity contribution in [2.24, 2.45) is 0 Å². The van der Waals surface area contributed by atoms with E-state index in [9.17, 15) is 4.79 Å². The van der Waals surface area contributed by atoms with Gasteiger partial charge >= 0.3 is 5.97 Å². The lowest BCUT2D eigenvalue weighted by Gasteiger charge is -1.97. The zero-order valence-electron chi connectivity index (χ0n) is 13.2. The number of rotatable bonds is 3. The number of benzene rings is 1. The quantitative estimate of drug-likeness (QED) is 0.300. The zero-order chi connectivity index (χ0) is 17.8. The van der Waals surface area contributed by atoms with Crippen LogP contribution in [0.3, 0.4) is 0 Å². The third-order valence-corrected chi connectivity index (χ3v) is 3.01. The summed E-state index contributed by atoms with van der Waals surface area (Å²) in [5, 5.41) is 0. The van der Waals surface area contributed by atoms with Gasteiger partial charge in [0.2, 0.25) is 0 Å². The molecule has 0 spiro atoms. The Morgan fingerprint density at radius 1 is 1.33 bits per heavy atom. The summed E-state index contributed by atoms with van der Waals surface area (Å²) in [6.07, 6.45) is 8.16. The van der Waals surface area contributed by atoms with Crippen LogP contribution in [0.25, 0.3) is 4.91 Å². The van der Waals surface area contributed by atoms with Crippen LogP contribution >= 0.6 is 12.6 Å². The lowest BCUT2D eigenvalue weighted by atomic mass is 10.1. The van der Waals surface area contributed by atoms with Gasteiger partial charge < -0.3 is 9.15 Å². The van der Waals surface area contributed by atoms with Crippen molar-refractivity contribution in [3.63, 3.8) is 0 Å². The molecule has 1 aromatic heterocycles. The highest BCUT2D eigenvalue weighted by molar-refractivity contribution is 7.90. The smallest absolute Gasteiger partial charge is 0.337 e. The highest BCUT2D eigenvalue weighted by Crippen LogP contribution is 2.16. The molecule has 0 radical (unpaired) electrons. The number of thiol groups is 1. The molecule has 0 amide bonds. The second-order valence-corrected chi connectivity index (χ2v) is 4.60. The molecule has 1 heterocycles. The standard InChI is InChI=1S/C17H13NO3S.C2H4/c1-20-17(19)14-9-7-13(8-10-14)5-3-2-4-6-16(22)15-11-18-12-21-15;1-2/h2,4,6-12,22H,1H3;1-2H2/b4-2+,16-6-;. The second-order valence-electron chi connectivity index (χ2n) is 4.11. The minimum Gasteiger partial charge on any atom is -0.465 e. The molecule has 0 fully saturated rings. The predicted octanol–water partition coefficient (Wildman–Crippen LogP) is 4.14. The summed E-state index contributed by atoms with van der Waals surface area (Å²) in [4.78, 5) is 15.8. The monoisotopic (exact) mass is 339 g/mol. The van der Waals surface area contributed by atoms with Gasteiger partial charge in [-0.1, -0.05) is 17.9 Å². The highest BCUT2D eigenvalue weighted by Gasteiger charge is 2.02. The van der Waals surface area contributed by atoms with Gasteiger partial charge in [-0.2, -0.15) is 0 Å². The summed E-state index contributed by atoms with van der Waals surface area (Å²) >= 11 is 4.28. The molecule has 5 heteroatoms. The largest absolute Gasteiger partial charge is 0.465 e. The Balaban J connectivity index is 0.00000139. The number of ether oxygens (including phenoxy) is 1. The third-order valence-electron chi connectivity index (χ3n) is 2.64. The van der Waals surface area contributed by atoms with Crippen molar-refractivity contribution in [1.29, 1.82) is 0 Å². The molecule has 0 atom stereocenters. The molecule has 0 unspecified atom stereocenters. The molecule has 0 saturated heterocycles. The maximum absolute atomic E-state index is 11.3. The van der Waals surface area contributed by atoms with E-state index in [4.69, 9.17) is 4.42 Å². The van der Waals surface area contributed by atoms with Gasteiger partial charge in [0.15, 0.2) is 12.2 Å². The first kappa shape index (κ1) is 19.1. The van der Waals surface area contributed by atoms with E-state index in [0.717, 1.165) is 5.56 Å². The van der Waals surface area contributed by atoms with Crippen LogP contribution in [0, 0.1) is 11.8 Å². The number of hydrogen-bond donors (Lipinski definition) is 1. The molecule has 0 N–H and O–H groups in total. The van der Waals surface area contributed by atoms with Crippen molar-refractivity contribution in [2.45, 2.75) is 0 Å². The summed E-state index contributed by atoms with van der Waals surface area (Å²) < 4.78 is 9.73. The number of oxazole rings is 1. The Labute approximate surface area is 147 Å². The number of esters is 1. The van der Waals surface area contributed by atoms with Crippen LogP contribution in [-0.2, 0) is 4.74 Å². The summed E-state index contributed by atoms with van der Waals surface area (Å²) in [7, 11) is 1.35. The topological polar surface area (TPSA) is 52.3 Å². The molecule has 0 saturated carbocycles. The van der Waals surface area contributed by atoms with Crippen LogP contribution in [0.15, 0.2) is 72.7 Å². The summed E-state index contributed by atoms with van der Waals surface area (Å²) in [5.41, 5.74) is 1.31. The first-order valence-electron chi connectivity index (χ1n) is 6.85. The first-order chi connectivity index (χ1) is 11.7. The molecule has 4 nitrogen and oxygen atoms in total. The van der Waals surface area contributed by atoms with E-state index in [2.05, 4.69) is 47.3 Å². The van der Waals surface area contributed by atoms with Gasteiger partial charge in [0.05, 0.1) is 18.9 Å². The van der Waals surface area contributed by atoms with Crippen LogP contribution in [0.5, 0.6) is 0 Å². The van der Waals surface area contributed by atoms with Crippen molar-refractivity contribution >= 4 is 23.5 Å². The average Bonchev–Trinajstić information content (AvgIpc) is 3.17. The van der Waals surface area contributed by atoms with Gasteiger partial charge in [-0.05, 0) is 36.4 Å². The maximum Gasteiger partial charge on any atom is 0.337 e. The Kier molecular flexibility index (Phi) is 8.51. The van der Waals surface area contributed by atoms with E-state index in [-0.39, 0.29) is 5.97 Å². The summed E-state index contributed by atoms with van der Waals surface area (Å²) in [5.74, 6) is 6.09. The molecular weight excluding hydrogens is 322 g/mol. The van der Waals surface area contributed by atoms with E-state index in [0.29, 0.717) is 16.2 Å². The number of hydrogen-bond acceptors (Lipinski definition) is 5. The number of allylic oxidation sites excluding steroid dienone is 3. The lowest BCUT2D eigenvalue weighted by Crippen LogP contribution is -2.00. The number of aromatic nitrogens is 1. The van der Waals surface area contributed by atoms with Crippen molar-refractivity contribution < 1.29 is 13.9 Å². The summed E-state index contributed by atoms with van der Waals surface area (Å²) in [6, 6.07) is 6.88. The lowest BCUT2D eigenvalue weighted by molar-refractivity contribution is 0.0600. The molecule has 0 bridgehead atoms. The number of carbonyl (C=O) groups is 1. The fourth-order valence-corrected chi connectivity index (χ4v) is 1.74. The van der Waals surface area contributed by atoms with Crippen LogP contribution in [0.4, 0.5) is 0 Å². The molecule has 2 rings (SSSR count). The molecular formula is C19H17NO3S. The molecule has 122 valence electrons. The number of nitrogens with zero attached hydrogens (tertiary/aromatic N) is 1. The zero-order valence-corrected chi connectivity index (χ0v) is 14.1. The van der Waals surface area contributed by atoms with Gasteiger partial charge in [-0.3, -0.25) is 0 Å². The number of carbonyl (C=O) groups excluding carboxylic acids is 1. The minimum atomic E-state index is -0.363. The molecule has 0 aliphatic rings. The highest BCUT2D eigenvalue weighted by atomic mass is 32.1. The summed E-state index contributed by atoms with van der Waals surface area (Å²) in [6.45, 7) is 6.00. The maximum atomic E-state index is 11.3. The van der Waals surface area contributed by atoms with Crippen LogP contribution < -0.4 is 0 Å². The van der Waals surface area contributed by atoms with Crippen molar-refractivity contribution in [2.75, 3.05) is 7.11 Å². The average molecular weight is 339 g/mol. The minimum absolute atomic E-state index is 0.363. The van der Waals surface area contributed by atoms with E-state index in [1.54, 1.807) is 48.7 Å². The van der Waals surface area contributed by atoms with Gasteiger partial charge in [-0.25, -0.2) is 9.78 Å². The fourth-order valence-electron chi connectivity index (χ4n) is 1.54. The molecule has 0 aliphatic heterocycles. The molecule has 24 heavy (non-hydrogen) atoms. The van der Waals surface area contributed by atoms with Gasteiger partial charge in [0, 0.05) is 10.5 Å². The Hall–Kier alpha value is -2.97. The van der Waals surface area contributed by atoms with Gasteiger partial charge in [0.25, 0.3) is 0 Å². The van der Waals surface area contributed by atoms with Crippen LogP contribution in [0.1, 0.15) is 21.7 Å². The third kappa shape index (κ3) is 6.03. The van der Waals surface area contributed by atoms with E-state index in [1.807, 2.05) is 0 Å². The normalized spacial score (nSPS) is 10.3. The molecule has 0 aliphatic carbocycles. The van der Waals surface area contributed by atoms with Crippen LogP contribution in [-0.4, -0.2) is 18.1 Å². The second kappa shape index (κ2) is 10.7. The molecule has 2 aromatic rings. The molecule has 1 aromatic carbocycles. The van der Waals surface area contributed by atoms with E-state index in [1.165, 1.54) is 13.5 Å². The first-order valence-corrected chi connectivity index (χ1v) is 7.30. The van der Waals surface area contributed by atoms with Crippen molar-refractivity contribution in [3.8, 4) is 11.8 Å². The Morgan fingerprint density at radius 2 is 2.04 bits per heavy atom. The predicted molar refractivity (Wildman–Crippen MR) is 98.5 cm³/mol. The van der Waals surface area contributed by atoms with E-state index >= 15 is 0 Å². The van der Waals surface area contributed by atoms with Crippen molar-refractivity contribution in [3.05, 3.63) is 85.1 Å².